The molecule has 1 amide bonds. The minimum atomic E-state index is -3.76. The molecule has 8 nitrogen and oxygen atoms in total. The Labute approximate surface area is 149 Å². The number of fused-ring (bicyclic) bond motifs is 1. The molecule has 0 saturated carbocycles. The lowest BCUT2D eigenvalue weighted by Crippen LogP contribution is -2.32. The molecule has 2 aromatic carbocycles. The number of oxazole rings is 1. The second kappa shape index (κ2) is 6.77. The van der Waals surface area contributed by atoms with E-state index in [2.05, 4.69) is 5.32 Å². The molecule has 3 N–H and O–H groups in total. The molecule has 26 heavy (non-hydrogen) atoms. The number of sulfonamides is 1. The summed E-state index contributed by atoms with van der Waals surface area (Å²) < 4.78 is 28.9. The molecule has 0 bridgehead atoms. The predicted octanol–water partition coefficient (Wildman–Crippen LogP) is 1.12. The van der Waals surface area contributed by atoms with E-state index in [4.69, 9.17) is 9.56 Å². The Morgan fingerprint density at radius 3 is 2.50 bits per heavy atom. The van der Waals surface area contributed by atoms with E-state index in [1.807, 2.05) is 0 Å². The lowest BCUT2D eigenvalue weighted by molar-refractivity contribution is -0.122. The number of nitrogens with zero attached hydrogens (tertiary/aromatic N) is 1. The van der Waals surface area contributed by atoms with Gasteiger partial charge in [-0.15, -0.1) is 0 Å². The smallest absolute Gasteiger partial charge is 0.408 e. The second-order valence-corrected chi connectivity index (χ2v) is 7.39. The second-order valence-electron chi connectivity index (χ2n) is 5.83. The molecule has 0 fully saturated rings. The third-order valence-corrected chi connectivity index (χ3v) is 4.89. The van der Waals surface area contributed by atoms with Crippen molar-refractivity contribution in [3.05, 3.63) is 64.6 Å². The fourth-order valence-electron chi connectivity index (χ4n) is 2.62. The monoisotopic (exact) mass is 375 g/mol. The fourth-order valence-corrected chi connectivity index (χ4v) is 3.14. The van der Waals surface area contributed by atoms with Gasteiger partial charge in [0.05, 0.1) is 16.5 Å². The summed E-state index contributed by atoms with van der Waals surface area (Å²) in [6.07, 6.45) is 0. The van der Waals surface area contributed by atoms with Crippen LogP contribution in [0.15, 0.2) is 62.6 Å². The van der Waals surface area contributed by atoms with Crippen LogP contribution >= 0.6 is 0 Å². The maximum absolute atomic E-state index is 12.3. The van der Waals surface area contributed by atoms with Gasteiger partial charge in [0.2, 0.25) is 15.9 Å². The number of nitrogens with one attached hydrogen (secondary N) is 1. The predicted molar refractivity (Wildman–Crippen MR) is 94.8 cm³/mol. The van der Waals surface area contributed by atoms with Gasteiger partial charge in [0.1, 0.15) is 6.54 Å². The normalized spacial score (nSPS) is 12.8. The molecule has 0 radical (unpaired) electrons. The number of aromatic nitrogens is 1. The highest BCUT2D eigenvalue weighted by molar-refractivity contribution is 7.89. The first kappa shape index (κ1) is 17.9. The zero-order chi connectivity index (χ0) is 18.9. The lowest BCUT2D eigenvalue weighted by Gasteiger charge is -2.15. The summed E-state index contributed by atoms with van der Waals surface area (Å²) in [4.78, 5) is 24.2. The van der Waals surface area contributed by atoms with Crippen molar-refractivity contribution < 1.29 is 17.6 Å². The number of hydrogen-bond acceptors (Lipinski definition) is 5. The van der Waals surface area contributed by atoms with Crippen LogP contribution in [0.25, 0.3) is 11.1 Å². The van der Waals surface area contributed by atoms with Crippen LogP contribution in [0.1, 0.15) is 18.5 Å². The number of primary sulfonamides is 1. The Morgan fingerprint density at radius 2 is 1.85 bits per heavy atom. The van der Waals surface area contributed by atoms with Crippen molar-refractivity contribution in [2.24, 2.45) is 5.14 Å². The highest BCUT2D eigenvalue weighted by Gasteiger charge is 2.15. The van der Waals surface area contributed by atoms with Crippen LogP contribution < -0.4 is 16.2 Å². The van der Waals surface area contributed by atoms with Crippen molar-refractivity contribution in [3.8, 4) is 0 Å². The molecule has 0 aliphatic heterocycles. The molecule has 0 spiro atoms. The molecule has 0 aliphatic carbocycles. The first-order valence-corrected chi connectivity index (χ1v) is 9.31. The van der Waals surface area contributed by atoms with E-state index in [9.17, 15) is 18.0 Å². The van der Waals surface area contributed by atoms with E-state index in [0.717, 1.165) is 0 Å². The maximum atomic E-state index is 12.3. The number of amides is 1. The Kier molecular flexibility index (Phi) is 4.66. The van der Waals surface area contributed by atoms with Gasteiger partial charge in [-0.3, -0.25) is 9.36 Å². The van der Waals surface area contributed by atoms with Crippen LogP contribution in [0.3, 0.4) is 0 Å². The van der Waals surface area contributed by atoms with Gasteiger partial charge < -0.3 is 9.73 Å². The third-order valence-electron chi connectivity index (χ3n) is 3.96. The molecular weight excluding hydrogens is 358 g/mol. The molecular formula is C17H17N3O5S. The summed E-state index contributed by atoms with van der Waals surface area (Å²) >= 11 is 0. The van der Waals surface area contributed by atoms with Crippen LogP contribution in [-0.2, 0) is 21.4 Å². The summed E-state index contributed by atoms with van der Waals surface area (Å²) in [5.41, 5.74) is 1.66. The molecule has 9 heteroatoms. The number of para-hydroxylation sites is 2. The molecule has 0 unspecified atom stereocenters. The van der Waals surface area contributed by atoms with E-state index in [-0.39, 0.29) is 23.4 Å². The van der Waals surface area contributed by atoms with Crippen molar-refractivity contribution >= 4 is 27.0 Å². The highest BCUT2D eigenvalue weighted by atomic mass is 32.2. The summed E-state index contributed by atoms with van der Waals surface area (Å²) in [6, 6.07) is 12.4. The number of benzene rings is 2. The Bertz CT molecular complexity index is 1110. The lowest BCUT2D eigenvalue weighted by atomic mass is 10.1. The van der Waals surface area contributed by atoms with Gasteiger partial charge in [-0.05, 0) is 36.8 Å². The van der Waals surface area contributed by atoms with Crippen molar-refractivity contribution in [1.82, 2.24) is 9.88 Å². The first-order valence-electron chi connectivity index (χ1n) is 7.76. The van der Waals surface area contributed by atoms with Crippen molar-refractivity contribution in [2.75, 3.05) is 0 Å². The number of hydrogen-bond donors (Lipinski definition) is 2. The number of carbonyl (C=O) groups excluding carboxylic acids is 1. The van der Waals surface area contributed by atoms with Crippen molar-refractivity contribution in [2.45, 2.75) is 24.4 Å². The van der Waals surface area contributed by atoms with Crippen LogP contribution in [0.2, 0.25) is 0 Å². The molecule has 1 heterocycles. The molecule has 3 aromatic rings. The van der Waals surface area contributed by atoms with E-state index in [1.54, 1.807) is 43.3 Å². The summed E-state index contributed by atoms with van der Waals surface area (Å²) in [6.45, 7) is 1.57. The van der Waals surface area contributed by atoms with Gasteiger partial charge >= 0.3 is 5.76 Å². The summed E-state index contributed by atoms with van der Waals surface area (Å²) in [7, 11) is -3.76. The van der Waals surface area contributed by atoms with E-state index in [0.29, 0.717) is 16.7 Å². The maximum Gasteiger partial charge on any atom is 0.420 e. The first-order chi connectivity index (χ1) is 12.3. The minimum Gasteiger partial charge on any atom is -0.408 e. The van der Waals surface area contributed by atoms with Gasteiger partial charge in [-0.1, -0.05) is 24.3 Å². The van der Waals surface area contributed by atoms with E-state index >= 15 is 0 Å². The standard InChI is InChI=1S/C17H17N3O5S/c1-11(12-6-8-13(9-7-12)26(18,23)24)19-16(21)10-20-14-4-2-3-5-15(14)25-17(20)22/h2-9,11H,10H2,1H3,(H,19,21)(H2,18,23,24)/t11-/m0/s1. The van der Waals surface area contributed by atoms with Crippen LogP contribution in [0.5, 0.6) is 0 Å². The van der Waals surface area contributed by atoms with E-state index in [1.165, 1.54) is 16.7 Å². The fraction of sp³-hybridized carbons (Fsp3) is 0.176. The topological polar surface area (TPSA) is 124 Å². The van der Waals surface area contributed by atoms with Crippen LogP contribution in [0.4, 0.5) is 0 Å². The minimum absolute atomic E-state index is 0.00352. The van der Waals surface area contributed by atoms with Crippen molar-refractivity contribution in [1.29, 1.82) is 0 Å². The molecule has 3 rings (SSSR count). The van der Waals surface area contributed by atoms with Gasteiger partial charge in [0.25, 0.3) is 0 Å². The van der Waals surface area contributed by atoms with Crippen LogP contribution in [-0.4, -0.2) is 18.9 Å². The Balaban J connectivity index is 1.73. The van der Waals surface area contributed by atoms with E-state index < -0.39 is 15.8 Å². The zero-order valence-corrected chi connectivity index (χ0v) is 14.7. The number of carbonyl (C=O) groups is 1. The third kappa shape index (κ3) is 3.68. The largest absolute Gasteiger partial charge is 0.420 e. The Morgan fingerprint density at radius 1 is 1.19 bits per heavy atom. The number of nitrogens with two attached hydrogens (primary N) is 1. The average molecular weight is 375 g/mol. The average Bonchev–Trinajstić information content (AvgIpc) is 2.90. The SMILES string of the molecule is C[C@H](NC(=O)Cn1c(=O)oc2ccccc21)c1ccc(S(N)(=O)=O)cc1. The van der Waals surface area contributed by atoms with Crippen LogP contribution in [0, 0.1) is 0 Å². The number of rotatable bonds is 5. The van der Waals surface area contributed by atoms with Gasteiger partial charge in [0, 0.05) is 0 Å². The molecule has 0 aliphatic rings. The summed E-state index contributed by atoms with van der Waals surface area (Å²) in [5, 5.41) is 7.82. The summed E-state index contributed by atoms with van der Waals surface area (Å²) in [5.74, 6) is -0.979. The van der Waals surface area contributed by atoms with Crippen molar-refractivity contribution in [3.63, 3.8) is 0 Å². The van der Waals surface area contributed by atoms with Gasteiger partial charge in [-0.2, -0.15) is 0 Å². The molecule has 136 valence electrons. The quantitative estimate of drug-likeness (QED) is 0.691. The zero-order valence-electron chi connectivity index (χ0n) is 13.9. The molecule has 0 saturated heterocycles. The molecule has 1 atom stereocenters. The highest BCUT2D eigenvalue weighted by Crippen LogP contribution is 2.16. The van der Waals surface area contributed by atoms with Gasteiger partial charge in [0.15, 0.2) is 5.58 Å². The molecule has 1 aromatic heterocycles. The Hall–Kier alpha value is -2.91. The van der Waals surface area contributed by atoms with Gasteiger partial charge in [-0.25, -0.2) is 18.4 Å².